The molecular formula is C16H16ClN3O2S. The molecule has 0 saturated carbocycles. The number of halogens is 1. The lowest BCUT2D eigenvalue weighted by molar-refractivity contribution is 0.592. The van der Waals surface area contributed by atoms with E-state index in [2.05, 4.69) is 4.99 Å². The van der Waals surface area contributed by atoms with Gasteiger partial charge in [-0.1, -0.05) is 18.2 Å². The van der Waals surface area contributed by atoms with Crippen molar-refractivity contribution in [3.05, 3.63) is 54.1 Å². The number of para-hydroxylation sites is 1. The van der Waals surface area contributed by atoms with Crippen LogP contribution >= 0.6 is 11.6 Å². The molecule has 0 spiro atoms. The minimum atomic E-state index is -3.58. The molecule has 0 amide bonds. The quantitative estimate of drug-likeness (QED) is 0.523. The summed E-state index contributed by atoms with van der Waals surface area (Å²) in [6.45, 7) is 0.459. The zero-order valence-electron chi connectivity index (χ0n) is 12.3. The summed E-state index contributed by atoms with van der Waals surface area (Å²) in [7, 11) is -3.58. The number of nitrogens with zero attached hydrogens (tertiary/aromatic N) is 2. The van der Waals surface area contributed by atoms with Crippen LogP contribution in [0.2, 0.25) is 0 Å². The van der Waals surface area contributed by atoms with Crippen LogP contribution in [0.1, 0.15) is 5.56 Å². The maximum atomic E-state index is 12.8. The van der Waals surface area contributed by atoms with E-state index in [1.54, 1.807) is 12.1 Å². The number of amidine groups is 1. The van der Waals surface area contributed by atoms with Crippen LogP contribution in [0.4, 0.5) is 11.4 Å². The second kappa shape index (κ2) is 6.22. The summed E-state index contributed by atoms with van der Waals surface area (Å²) in [6.07, 6.45) is 0.726. The van der Waals surface area contributed by atoms with E-state index in [-0.39, 0.29) is 16.6 Å². The molecule has 3 rings (SSSR count). The Morgan fingerprint density at radius 2 is 1.87 bits per heavy atom. The Labute approximate surface area is 140 Å². The van der Waals surface area contributed by atoms with Gasteiger partial charge in [0, 0.05) is 6.54 Å². The number of hydrogen-bond donors (Lipinski definition) is 1. The number of alkyl halides is 1. The minimum absolute atomic E-state index is 0.130. The number of hydrogen-bond acceptors (Lipinski definition) is 3. The largest absolute Gasteiger partial charge is 0.386 e. The van der Waals surface area contributed by atoms with Crippen molar-refractivity contribution >= 4 is 38.8 Å². The lowest BCUT2D eigenvalue weighted by atomic mass is 10.2. The van der Waals surface area contributed by atoms with Crippen molar-refractivity contribution in [2.45, 2.75) is 11.3 Å². The first kappa shape index (κ1) is 15.8. The molecule has 0 aromatic heterocycles. The monoisotopic (exact) mass is 349 g/mol. The van der Waals surface area contributed by atoms with Gasteiger partial charge in [-0.15, -0.1) is 11.6 Å². The van der Waals surface area contributed by atoms with E-state index in [0.29, 0.717) is 12.2 Å². The Hall–Kier alpha value is -2.05. The number of benzene rings is 2. The first-order valence-electron chi connectivity index (χ1n) is 7.12. The maximum absolute atomic E-state index is 12.8. The SMILES string of the molecule is NC(CCl)=Nc1ccc(S(=O)(=O)N2CCc3ccccc32)cc1. The van der Waals surface area contributed by atoms with Crippen molar-refractivity contribution in [1.82, 2.24) is 0 Å². The van der Waals surface area contributed by atoms with Gasteiger partial charge in [-0.25, -0.2) is 13.4 Å². The molecule has 1 aliphatic rings. The predicted molar refractivity (Wildman–Crippen MR) is 93.1 cm³/mol. The van der Waals surface area contributed by atoms with Crippen LogP contribution in [0, 0.1) is 0 Å². The third-order valence-corrected chi connectivity index (χ3v) is 5.78. The van der Waals surface area contributed by atoms with E-state index in [4.69, 9.17) is 17.3 Å². The topological polar surface area (TPSA) is 75.8 Å². The van der Waals surface area contributed by atoms with Gasteiger partial charge in [0.1, 0.15) is 5.84 Å². The molecule has 0 saturated heterocycles. The third-order valence-electron chi connectivity index (χ3n) is 3.68. The number of anilines is 1. The first-order chi connectivity index (χ1) is 11.0. The minimum Gasteiger partial charge on any atom is -0.386 e. The van der Waals surface area contributed by atoms with Gasteiger partial charge in [0.05, 0.1) is 22.2 Å². The van der Waals surface area contributed by atoms with Gasteiger partial charge < -0.3 is 5.73 Å². The molecule has 5 nitrogen and oxygen atoms in total. The maximum Gasteiger partial charge on any atom is 0.264 e. The van der Waals surface area contributed by atoms with E-state index < -0.39 is 10.0 Å². The van der Waals surface area contributed by atoms with Crippen LogP contribution in [-0.2, 0) is 16.4 Å². The van der Waals surface area contributed by atoms with Gasteiger partial charge in [0.2, 0.25) is 0 Å². The molecule has 23 heavy (non-hydrogen) atoms. The molecule has 0 unspecified atom stereocenters. The van der Waals surface area contributed by atoms with E-state index in [1.165, 1.54) is 16.4 Å². The van der Waals surface area contributed by atoms with E-state index in [9.17, 15) is 8.42 Å². The number of rotatable bonds is 4. The molecule has 0 aliphatic carbocycles. The summed E-state index contributed by atoms with van der Waals surface area (Å²) < 4.78 is 27.1. The second-order valence-electron chi connectivity index (χ2n) is 5.19. The molecular weight excluding hydrogens is 334 g/mol. The van der Waals surface area contributed by atoms with Gasteiger partial charge in [0.15, 0.2) is 0 Å². The first-order valence-corrected chi connectivity index (χ1v) is 9.09. The third kappa shape index (κ3) is 3.04. The fourth-order valence-electron chi connectivity index (χ4n) is 2.57. The number of aliphatic imine (C=N–C) groups is 1. The predicted octanol–water partition coefficient (Wildman–Crippen LogP) is 2.67. The molecule has 7 heteroatoms. The van der Waals surface area contributed by atoms with Crippen LogP contribution in [0.25, 0.3) is 0 Å². The Morgan fingerprint density at radius 3 is 2.57 bits per heavy atom. The fourth-order valence-corrected chi connectivity index (χ4v) is 4.14. The Balaban J connectivity index is 1.92. The second-order valence-corrected chi connectivity index (χ2v) is 7.32. The summed E-state index contributed by atoms with van der Waals surface area (Å²) in [5.74, 6) is 0.417. The molecule has 2 aromatic rings. The normalized spacial score (nSPS) is 14.8. The Kier molecular flexibility index (Phi) is 4.28. The lowest BCUT2D eigenvalue weighted by Crippen LogP contribution is -2.29. The average Bonchev–Trinajstić information content (AvgIpc) is 3.00. The Morgan fingerprint density at radius 1 is 1.17 bits per heavy atom. The van der Waals surface area contributed by atoms with Crippen LogP contribution < -0.4 is 10.0 Å². The zero-order valence-corrected chi connectivity index (χ0v) is 13.9. The van der Waals surface area contributed by atoms with E-state index in [0.717, 1.165) is 17.7 Å². The fraction of sp³-hybridized carbons (Fsp3) is 0.188. The van der Waals surface area contributed by atoms with Crippen LogP contribution in [0.15, 0.2) is 58.4 Å². The van der Waals surface area contributed by atoms with Crippen LogP contribution in [0.3, 0.4) is 0 Å². The molecule has 2 aromatic carbocycles. The van der Waals surface area contributed by atoms with Crippen molar-refractivity contribution in [3.63, 3.8) is 0 Å². The van der Waals surface area contributed by atoms with E-state index in [1.807, 2.05) is 24.3 Å². The van der Waals surface area contributed by atoms with Crippen LogP contribution in [-0.4, -0.2) is 26.7 Å². The number of sulfonamides is 1. The van der Waals surface area contributed by atoms with Crippen molar-refractivity contribution < 1.29 is 8.42 Å². The highest BCUT2D eigenvalue weighted by atomic mass is 35.5. The smallest absolute Gasteiger partial charge is 0.264 e. The highest BCUT2D eigenvalue weighted by Crippen LogP contribution is 2.32. The van der Waals surface area contributed by atoms with Crippen molar-refractivity contribution in [1.29, 1.82) is 0 Å². The zero-order chi connectivity index (χ0) is 16.4. The Bertz CT molecular complexity index is 848. The van der Waals surface area contributed by atoms with Crippen molar-refractivity contribution in [2.75, 3.05) is 16.7 Å². The van der Waals surface area contributed by atoms with Crippen LogP contribution in [0.5, 0.6) is 0 Å². The molecule has 0 radical (unpaired) electrons. The lowest BCUT2D eigenvalue weighted by Gasteiger charge is -2.19. The standard InChI is InChI=1S/C16H16ClN3O2S/c17-11-16(18)19-13-5-7-14(8-6-13)23(21,22)20-10-9-12-3-1-2-4-15(12)20/h1-8H,9-11H2,(H2,18,19). The number of nitrogens with two attached hydrogens (primary N) is 1. The number of fused-ring (bicyclic) bond motifs is 1. The van der Waals surface area contributed by atoms with Gasteiger partial charge in [-0.05, 0) is 42.3 Å². The van der Waals surface area contributed by atoms with Gasteiger partial charge in [0.25, 0.3) is 10.0 Å². The summed E-state index contributed by atoms with van der Waals surface area (Å²) in [5.41, 5.74) is 7.95. The molecule has 1 aliphatic heterocycles. The molecule has 0 fully saturated rings. The molecule has 2 N–H and O–H groups in total. The summed E-state index contributed by atoms with van der Waals surface area (Å²) >= 11 is 5.58. The van der Waals surface area contributed by atoms with Crippen molar-refractivity contribution in [2.24, 2.45) is 10.7 Å². The molecule has 1 heterocycles. The summed E-state index contributed by atoms with van der Waals surface area (Å²) in [4.78, 5) is 4.32. The van der Waals surface area contributed by atoms with Gasteiger partial charge in [-0.2, -0.15) is 0 Å². The van der Waals surface area contributed by atoms with Crippen molar-refractivity contribution in [3.8, 4) is 0 Å². The molecule has 0 atom stereocenters. The molecule has 120 valence electrons. The van der Waals surface area contributed by atoms with Gasteiger partial charge >= 0.3 is 0 Å². The highest BCUT2D eigenvalue weighted by Gasteiger charge is 2.30. The molecule has 0 bridgehead atoms. The highest BCUT2D eigenvalue weighted by molar-refractivity contribution is 7.92. The average molecular weight is 350 g/mol. The van der Waals surface area contributed by atoms with E-state index >= 15 is 0 Å². The van der Waals surface area contributed by atoms with Gasteiger partial charge in [-0.3, -0.25) is 4.31 Å². The summed E-state index contributed by atoms with van der Waals surface area (Å²) in [5, 5.41) is 0. The summed E-state index contributed by atoms with van der Waals surface area (Å²) in [6, 6.07) is 13.9.